The minimum absolute atomic E-state index is 0.0658. The average Bonchev–Trinajstić information content (AvgIpc) is 3.42. The van der Waals surface area contributed by atoms with Crippen molar-refractivity contribution in [1.29, 1.82) is 0 Å². The van der Waals surface area contributed by atoms with Gasteiger partial charge in [0, 0.05) is 36.2 Å². The molecule has 2 amide bonds. The largest absolute Gasteiger partial charge is 0.473 e. The summed E-state index contributed by atoms with van der Waals surface area (Å²) in [5.74, 6) is 0.821. The Labute approximate surface area is 232 Å². The molecule has 4 aliphatic heterocycles. The summed E-state index contributed by atoms with van der Waals surface area (Å²) in [6, 6.07) is 9.17. The molecule has 4 fully saturated rings. The Bertz CT molecular complexity index is 1520. The van der Waals surface area contributed by atoms with E-state index in [1.54, 1.807) is 0 Å². The smallest absolute Gasteiger partial charge is 0.241 e. The van der Waals surface area contributed by atoms with Gasteiger partial charge in [0.15, 0.2) is 0 Å². The maximum Gasteiger partial charge on any atom is 0.241 e. The molecule has 6 heterocycles. The molecule has 1 saturated carbocycles. The SMILES string of the molecule is C[C@@H](Oc1nc(-c2ccc3c(c2)NC(=O)C32CCN(C3COC3)CC2)cc2ncn(C3CC3)c12)[C@H]1CNC(=O)C1. The molecule has 2 atom stereocenters. The van der Waals surface area contributed by atoms with Gasteiger partial charge in [0.25, 0.3) is 0 Å². The molecule has 2 N–H and O–H groups in total. The van der Waals surface area contributed by atoms with Crippen LogP contribution < -0.4 is 15.4 Å². The predicted octanol–water partition coefficient (Wildman–Crippen LogP) is 3.02. The summed E-state index contributed by atoms with van der Waals surface area (Å²) in [4.78, 5) is 37.4. The fourth-order valence-electron chi connectivity index (χ4n) is 6.91. The Hall–Kier alpha value is -3.50. The molecule has 8 rings (SSSR count). The Balaban J connectivity index is 1.12. The molecule has 3 aromatic rings. The van der Waals surface area contributed by atoms with Crippen molar-refractivity contribution in [3.8, 4) is 17.1 Å². The van der Waals surface area contributed by atoms with Gasteiger partial charge < -0.3 is 24.7 Å². The zero-order valence-corrected chi connectivity index (χ0v) is 22.7. The van der Waals surface area contributed by atoms with Crippen LogP contribution in [0.3, 0.4) is 0 Å². The maximum absolute atomic E-state index is 13.4. The molecule has 1 aliphatic carbocycles. The van der Waals surface area contributed by atoms with Crippen LogP contribution in [0.1, 0.15) is 50.6 Å². The van der Waals surface area contributed by atoms with E-state index in [1.807, 2.05) is 25.4 Å². The standard InChI is InChI=1S/C30H34N6O4/c1-17(19-11-26(37)31-13-19)40-28-27-25(32-16-36(27)20-3-4-20)12-23(33-28)18-2-5-22-24(10-18)34-29(38)30(22)6-8-35(9-7-30)21-14-39-15-21/h2,5,10,12,16-17,19-21H,3-4,6-9,11,13-15H2,1H3,(H,31,37)(H,34,38)/t17-,19-/m1/s1. The number of hydrogen-bond acceptors (Lipinski definition) is 7. The van der Waals surface area contributed by atoms with E-state index in [2.05, 4.69) is 32.2 Å². The number of rotatable bonds is 6. The first-order valence-electron chi connectivity index (χ1n) is 14.6. The summed E-state index contributed by atoms with van der Waals surface area (Å²) in [5.41, 5.74) is 4.92. The van der Waals surface area contributed by atoms with Crippen LogP contribution in [-0.2, 0) is 19.7 Å². The van der Waals surface area contributed by atoms with Gasteiger partial charge in [-0.15, -0.1) is 0 Å². The number of anilines is 1. The van der Waals surface area contributed by atoms with Crippen LogP contribution in [0.15, 0.2) is 30.6 Å². The van der Waals surface area contributed by atoms with Crippen molar-refractivity contribution in [1.82, 2.24) is 24.8 Å². The first-order chi connectivity index (χ1) is 19.5. The number of nitrogens with one attached hydrogen (secondary N) is 2. The van der Waals surface area contributed by atoms with E-state index in [0.29, 0.717) is 30.9 Å². The van der Waals surface area contributed by atoms with Crippen molar-refractivity contribution < 1.29 is 19.1 Å². The number of benzene rings is 1. The number of aromatic nitrogens is 3. The number of likely N-dealkylation sites (tertiary alicyclic amines) is 1. The lowest BCUT2D eigenvalue weighted by molar-refractivity contribution is -0.124. The quantitative estimate of drug-likeness (QED) is 0.493. The third-order valence-electron chi connectivity index (χ3n) is 9.73. The van der Waals surface area contributed by atoms with E-state index < -0.39 is 5.41 Å². The number of imidazole rings is 1. The Morgan fingerprint density at radius 3 is 2.65 bits per heavy atom. The molecule has 10 heteroatoms. The van der Waals surface area contributed by atoms with Crippen LogP contribution in [0.5, 0.6) is 5.88 Å². The predicted molar refractivity (Wildman–Crippen MR) is 148 cm³/mol. The second-order valence-electron chi connectivity index (χ2n) is 12.2. The molecule has 2 aromatic heterocycles. The molecule has 40 heavy (non-hydrogen) atoms. The molecular formula is C30H34N6O4. The van der Waals surface area contributed by atoms with E-state index in [4.69, 9.17) is 19.4 Å². The van der Waals surface area contributed by atoms with Crippen molar-refractivity contribution in [2.45, 2.75) is 62.6 Å². The minimum Gasteiger partial charge on any atom is -0.473 e. The number of ether oxygens (including phenoxy) is 2. The second kappa shape index (κ2) is 9.01. The lowest BCUT2D eigenvalue weighted by Gasteiger charge is -2.44. The van der Waals surface area contributed by atoms with Gasteiger partial charge in [-0.25, -0.2) is 9.97 Å². The fraction of sp³-hybridized carbons (Fsp3) is 0.533. The summed E-state index contributed by atoms with van der Waals surface area (Å²) in [6.07, 6.45) is 6.07. The number of amides is 2. The fourth-order valence-corrected chi connectivity index (χ4v) is 6.91. The van der Waals surface area contributed by atoms with Crippen LogP contribution >= 0.6 is 0 Å². The first-order valence-corrected chi connectivity index (χ1v) is 14.6. The summed E-state index contributed by atoms with van der Waals surface area (Å²) in [7, 11) is 0. The molecule has 208 valence electrons. The molecule has 5 aliphatic rings. The molecule has 10 nitrogen and oxygen atoms in total. The van der Waals surface area contributed by atoms with Crippen LogP contribution in [0.4, 0.5) is 5.69 Å². The van der Waals surface area contributed by atoms with Crippen molar-refractivity contribution in [3.63, 3.8) is 0 Å². The van der Waals surface area contributed by atoms with Gasteiger partial charge in [0.2, 0.25) is 17.7 Å². The van der Waals surface area contributed by atoms with Crippen molar-refractivity contribution in [3.05, 3.63) is 36.2 Å². The van der Waals surface area contributed by atoms with E-state index >= 15 is 0 Å². The highest BCUT2D eigenvalue weighted by atomic mass is 16.5. The molecule has 0 radical (unpaired) electrons. The zero-order valence-electron chi connectivity index (χ0n) is 22.7. The third kappa shape index (κ3) is 3.83. The number of nitrogens with zero attached hydrogens (tertiary/aromatic N) is 4. The normalized spacial score (nSPS) is 25.1. The topological polar surface area (TPSA) is 111 Å². The number of carbonyl (C=O) groups excluding carboxylic acids is 2. The van der Waals surface area contributed by atoms with E-state index in [-0.39, 0.29) is 23.8 Å². The van der Waals surface area contributed by atoms with Gasteiger partial charge in [-0.2, -0.15) is 0 Å². The number of carbonyl (C=O) groups is 2. The van der Waals surface area contributed by atoms with E-state index in [9.17, 15) is 9.59 Å². The maximum atomic E-state index is 13.4. The summed E-state index contributed by atoms with van der Waals surface area (Å²) < 4.78 is 14.1. The zero-order chi connectivity index (χ0) is 27.0. The number of pyridine rings is 1. The summed E-state index contributed by atoms with van der Waals surface area (Å²) >= 11 is 0. The highest BCUT2D eigenvalue weighted by Gasteiger charge is 2.49. The van der Waals surface area contributed by atoms with E-state index in [0.717, 1.165) is 85.5 Å². The van der Waals surface area contributed by atoms with Crippen LogP contribution in [0.25, 0.3) is 22.3 Å². The van der Waals surface area contributed by atoms with Crippen molar-refractivity contribution >= 4 is 28.5 Å². The lowest BCUT2D eigenvalue weighted by atomic mass is 9.73. The first kappa shape index (κ1) is 24.3. The number of fused-ring (bicyclic) bond motifs is 3. The highest BCUT2D eigenvalue weighted by molar-refractivity contribution is 6.07. The van der Waals surface area contributed by atoms with E-state index in [1.165, 1.54) is 0 Å². The Kier molecular flexibility index (Phi) is 5.47. The minimum atomic E-state index is -0.466. The molecule has 0 unspecified atom stereocenters. The van der Waals surface area contributed by atoms with Gasteiger partial charge in [-0.05, 0) is 63.4 Å². The summed E-state index contributed by atoms with van der Waals surface area (Å²) in [5, 5.41) is 6.10. The van der Waals surface area contributed by atoms with Gasteiger partial charge in [0.05, 0.1) is 42.2 Å². The van der Waals surface area contributed by atoms with Crippen LogP contribution in [0, 0.1) is 5.92 Å². The Morgan fingerprint density at radius 2 is 1.95 bits per heavy atom. The highest BCUT2D eigenvalue weighted by Crippen LogP contribution is 2.47. The van der Waals surface area contributed by atoms with Crippen molar-refractivity contribution in [2.75, 3.05) is 38.2 Å². The third-order valence-corrected chi connectivity index (χ3v) is 9.73. The molecule has 1 spiro atoms. The van der Waals surface area contributed by atoms with Gasteiger partial charge >= 0.3 is 0 Å². The van der Waals surface area contributed by atoms with Crippen LogP contribution in [-0.4, -0.2) is 76.2 Å². The molecule has 3 saturated heterocycles. The van der Waals surface area contributed by atoms with Crippen molar-refractivity contribution in [2.24, 2.45) is 5.92 Å². The average molecular weight is 543 g/mol. The lowest BCUT2D eigenvalue weighted by Crippen LogP contribution is -2.55. The summed E-state index contributed by atoms with van der Waals surface area (Å²) in [6.45, 7) is 6.04. The van der Waals surface area contributed by atoms with Gasteiger partial charge in [-0.1, -0.05) is 12.1 Å². The second-order valence-corrected chi connectivity index (χ2v) is 12.2. The number of piperidine rings is 1. The molecule has 0 bridgehead atoms. The number of hydrogen-bond donors (Lipinski definition) is 2. The molecule has 1 aromatic carbocycles. The molecular weight excluding hydrogens is 508 g/mol. The Morgan fingerprint density at radius 1 is 1.12 bits per heavy atom. The monoisotopic (exact) mass is 542 g/mol. The van der Waals surface area contributed by atoms with Crippen LogP contribution in [0.2, 0.25) is 0 Å². The van der Waals surface area contributed by atoms with Gasteiger partial charge in [0.1, 0.15) is 11.6 Å². The van der Waals surface area contributed by atoms with Gasteiger partial charge in [-0.3, -0.25) is 14.5 Å².